The largest absolute Gasteiger partial charge is 0.475 e. The molecule has 2 aromatic heterocycles. The number of fused-ring (bicyclic) bond motifs is 3. The summed E-state index contributed by atoms with van der Waals surface area (Å²) < 4.78 is 8.57. The van der Waals surface area contributed by atoms with Gasteiger partial charge in [-0.2, -0.15) is 0 Å². The van der Waals surface area contributed by atoms with Crippen LogP contribution >= 0.6 is 0 Å². The smallest absolute Gasteiger partial charge is 0.216 e. The van der Waals surface area contributed by atoms with Crippen LogP contribution in [0.5, 0.6) is 0 Å². The molecule has 0 N–H and O–H groups in total. The summed E-state index contributed by atoms with van der Waals surface area (Å²) in [7, 11) is 0. The molecular formula is C38H43N3O. The monoisotopic (exact) mass is 557 g/mol. The molecule has 0 atom stereocenters. The maximum atomic E-state index is 6.15. The van der Waals surface area contributed by atoms with Crippen LogP contribution in [0.25, 0.3) is 38.8 Å². The van der Waals surface area contributed by atoms with E-state index in [-0.39, 0.29) is 16.4 Å². The summed E-state index contributed by atoms with van der Waals surface area (Å²) in [5, 5.41) is 2.51. The molecule has 0 fully saturated rings. The topological polar surface area (TPSA) is 39.4 Å². The lowest BCUT2D eigenvalue weighted by atomic mass is 9.85. The molecule has 216 valence electrons. The predicted molar refractivity (Wildman–Crippen MR) is 177 cm³/mol. The Morgan fingerprint density at radius 2 is 1.48 bits per heavy atom. The molecule has 0 unspecified atom stereocenters. The van der Waals surface area contributed by atoms with E-state index < -0.39 is 0 Å². The van der Waals surface area contributed by atoms with E-state index in [0.29, 0.717) is 6.61 Å². The van der Waals surface area contributed by atoms with Gasteiger partial charge in [0.1, 0.15) is 6.61 Å². The van der Waals surface area contributed by atoms with E-state index in [1.165, 1.54) is 44.1 Å². The second kappa shape index (κ2) is 9.55. The zero-order valence-electron chi connectivity index (χ0n) is 26.8. The summed E-state index contributed by atoms with van der Waals surface area (Å²) in [6, 6.07) is 22.7. The van der Waals surface area contributed by atoms with Crippen LogP contribution in [-0.2, 0) is 15.6 Å². The molecule has 0 radical (unpaired) electrons. The molecule has 3 heterocycles. The number of aliphatic imine (C=N–C) groups is 1. The minimum Gasteiger partial charge on any atom is -0.475 e. The van der Waals surface area contributed by atoms with Crippen molar-refractivity contribution in [1.82, 2.24) is 9.55 Å². The van der Waals surface area contributed by atoms with Gasteiger partial charge in [-0.05, 0) is 110 Å². The number of hydrogen-bond acceptors (Lipinski definition) is 3. The van der Waals surface area contributed by atoms with Gasteiger partial charge in [0.05, 0.1) is 22.3 Å². The van der Waals surface area contributed by atoms with Crippen LogP contribution in [0.15, 0.2) is 71.9 Å². The highest BCUT2D eigenvalue weighted by Gasteiger charge is 2.29. The lowest BCUT2D eigenvalue weighted by Crippen LogP contribution is -2.17. The van der Waals surface area contributed by atoms with Crippen LogP contribution < -0.4 is 0 Å². The summed E-state index contributed by atoms with van der Waals surface area (Å²) in [6.45, 7) is 22.8. The molecule has 5 aromatic rings. The molecule has 0 saturated carbocycles. The second-order valence-corrected chi connectivity index (χ2v) is 14.8. The quantitative estimate of drug-likeness (QED) is 0.222. The first-order valence-electron chi connectivity index (χ1n) is 15.0. The van der Waals surface area contributed by atoms with E-state index in [1.807, 2.05) is 6.20 Å². The molecule has 0 aliphatic carbocycles. The van der Waals surface area contributed by atoms with Crippen LogP contribution in [0.3, 0.4) is 0 Å². The Bertz CT molecular complexity index is 1890. The molecule has 0 saturated heterocycles. The highest BCUT2D eigenvalue weighted by atomic mass is 16.5. The fraction of sp³-hybridized carbons (Fsp3) is 0.368. The third-order valence-electron chi connectivity index (χ3n) is 8.42. The summed E-state index contributed by atoms with van der Waals surface area (Å²) >= 11 is 0. The molecule has 6 rings (SSSR count). The van der Waals surface area contributed by atoms with Crippen LogP contribution in [0.4, 0.5) is 0 Å². The minimum atomic E-state index is -0.224. The van der Waals surface area contributed by atoms with E-state index in [4.69, 9.17) is 14.7 Å². The van der Waals surface area contributed by atoms with Crippen LogP contribution in [0.1, 0.15) is 83.2 Å². The van der Waals surface area contributed by atoms with Crippen molar-refractivity contribution in [2.24, 2.45) is 4.99 Å². The van der Waals surface area contributed by atoms with Gasteiger partial charge in [0.25, 0.3) is 0 Å². The number of ether oxygens (including phenoxy) is 1. The summed E-state index contributed by atoms with van der Waals surface area (Å²) in [4.78, 5) is 9.79. The van der Waals surface area contributed by atoms with E-state index in [2.05, 4.69) is 134 Å². The number of aryl methyl sites for hydroxylation is 2. The third kappa shape index (κ3) is 5.02. The van der Waals surface area contributed by atoms with Crippen LogP contribution in [-0.4, -0.2) is 27.6 Å². The minimum absolute atomic E-state index is 0.0471. The normalized spacial score (nSPS) is 15.3. The van der Waals surface area contributed by atoms with E-state index in [0.717, 1.165) is 28.4 Å². The Morgan fingerprint density at radius 3 is 2.14 bits per heavy atom. The molecule has 0 bridgehead atoms. The molecule has 3 aromatic carbocycles. The summed E-state index contributed by atoms with van der Waals surface area (Å²) in [5.41, 5.74) is 11.5. The maximum Gasteiger partial charge on any atom is 0.216 e. The van der Waals surface area contributed by atoms with Crippen LogP contribution in [0.2, 0.25) is 0 Å². The fourth-order valence-electron chi connectivity index (χ4n) is 5.92. The van der Waals surface area contributed by atoms with Gasteiger partial charge in [0.2, 0.25) is 5.90 Å². The van der Waals surface area contributed by atoms with Crippen molar-refractivity contribution in [1.29, 1.82) is 0 Å². The van der Waals surface area contributed by atoms with Gasteiger partial charge in [0, 0.05) is 33.8 Å². The van der Waals surface area contributed by atoms with Crippen molar-refractivity contribution in [2.75, 3.05) is 6.61 Å². The highest BCUT2D eigenvalue weighted by Crippen LogP contribution is 2.39. The molecule has 4 heteroatoms. The Kier molecular flexibility index (Phi) is 6.42. The highest BCUT2D eigenvalue weighted by molar-refractivity contribution is 6.11. The lowest BCUT2D eigenvalue weighted by Gasteiger charge is -2.22. The summed E-state index contributed by atoms with van der Waals surface area (Å²) in [5.74, 6) is 0.726. The summed E-state index contributed by atoms with van der Waals surface area (Å²) in [6.07, 6.45) is 1.95. The molecule has 1 aliphatic rings. The Labute approximate surface area is 250 Å². The number of hydrogen-bond donors (Lipinski definition) is 0. The molecule has 1 aliphatic heterocycles. The van der Waals surface area contributed by atoms with Crippen molar-refractivity contribution in [2.45, 2.75) is 85.6 Å². The Morgan fingerprint density at radius 1 is 0.762 bits per heavy atom. The van der Waals surface area contributed by atoms with E-state index >= 15 is 0 Å². The molecular weight excluding hydrogens is 514 g/mol. The zero-order valence-corrected chi connectivity index (χ0v) is 26.8. The zero-order chi connectivity index (χ0) is 30.2. The fourth-order valence-corrected chi connectivity index (χ4v) is 5.92. The van der Waals surface area contributed by atoms with Gasteiger partial charge in [0.15, 0.2) is 0 Å². The molecule has 0 amide bonds. The lowest BCUT2D eigenvalue weighted by molar-refractivity contribution is 0.279. The first-order valence-corrected chi connectivity index (χ1v) is 15.0. The first kappa shape index (κ1) is 28.2. The van der Waals surface area contributed by atoms with E-state index in [1.54, 1.807) is 0 Å². The van der Waals surface area contributed by atoms with Crippen molar-refractivity contribution in [3.8, 4) is 16.9 Å². The maximum absolute atomic E-state index is 6.15. The van der Waals surface area contributed by atoms with Gasteiger partial charge >= 0.3 is 0 Å². The van der Waals surface area contributed by atoms with Gasteiger partial charge < -0.3 is 9.30 Å². The average molecular weight is 558 g/mol. The van der Waals surface area contributed by atoms with Gasteiger partial charge in [-0.3, -0.25) is 4.98 Å². The molecule has 42 heavy (non-hydrogen) atoms. The number of pyridine rings is 1. The second-order valence-electron chi connectivity index (χ2n) is 14.8. The van der Waals surface area contributed by atoms with Crippen LogP contribution in [0, 0.1) is 13.8 Å². The van der Waals surface area contributed by atoms with Crippen molar-refractivity contribution in [3.63, 3.8) is 0 Å². The Hall–Kier alpha value is -3.92. The SMILES string of the molecule is Cc1ccc2c(c1)c1cc(C)c(-c3cc(C(C)(C)C)ccn3)cc1n2-c1cc(C2=NC(C)(C)CO2)cc(C(C)(C)C)c1. The van der Waals surface area contributed by atoms with Crippen molar-refractivity contribution < 1.29 is 4.74 Å². The standard InChI is InChI=1S/C38H43N3O/c1-23-11-12-33-30(15-23)31-16-24(2)29(32-20-26(13-14-39-32)36(3,4)5)21-34(31)41(33)28-18-25(17-27(19-28)37(6,7)8)35-40-38(9,10)22-42-35/h11-21H,22H2,1-10H3. The number of rotatable bonds is 3. The van der Waals surface area contributed by atoms with E-state index in [9.17, 15) is 0 Å². The number of benzene rings is 3. The predicted octanol–water partition coefficient (Wildman–Crippen LogP) is 9.61. The van der Waals surface area contributed by atoms with Gasteiger partial charge in [-0.25, -0.2) is 4.99 Å². The number of nitrogens with zero attached hydrogens (tertiary/aromatic N) is 3. The Balaban J connectivity index is 1.67. The van der Waals surface area contributed by atoms with Crippen molar-refractivity contribution >= 4 is 27.7 Å². The molecule has 4 nitrogen and oxygen atoms in total. The third-order valence-corrected chi connectivity index (χ3v) is 8.42. The number of aromatic nitrogens is 2. The first-order chi connectivity index (χ1) is 19.6. The van der Waals surface area contributed by atoms with Gasteiger partial charge in [-0.1, -0.05) is 53.2 Å². The van der Waals surface area contributed by atoms with Gasteiger partial charge in [-0.15, -0.1) is 0 Å². The van der Waals surface area contributed by atoms with Crippen molar-refractivity contribution in [3.05, 3.63) is 94.7 Å². The average Bonchev–Trinajstić information content (AvgIpc) is 3.43. The molecule has 0 spiro atoms.